The minimum absolute atomic E-state index is 0.0177. The normalized spacial score (nSPS) is 10.5. The number of ether oxygens (including phenoxy) is 1. The molecule has 21 heavy (non-hydrogen) atoms. The first-order valence-corrected chi connectivity index (χ1v) is 6.03. The van der Waals surface area contributed by atoms with Crippen molar-refractivity contribution in [3.05, 3.63) is 57.5 Å². The molecular weight excluding hydrogens is 282 g/mol. The van der Waals surface area contributed by atoms with Crippen molar-refractivity contribution in [2.24, 2.45) is 0 Å². The summed E-state index contributed by atoms with van der Waals surface area (Å²) in [6.45, 7) is 1.24. The van der Waals surface area contributed by atoms with Crippen LogP contribution in [0, 0.1) is 18.6 Å². The topological polar surface area (TPSA) is 61.2 Å². The Balaban J connectivity index is 2.35. The van der Waals surface area contributed by atoms with Gasteiger partial charge < -0.3 is 4.74 Å². The number of ketones is 1. The Morgan fingerprint density at radius 1 is 1.29 bits per heavy atom. The summed E-state index contributed by atoms with van der Waals surface area (Å²) in [6.07, 6.45) is 0. The second kappa shape index (κ2) is 5.82. The summed E-state index contributed by atoms with van der Waals surface area (Å²) in [5.41, 5.74) is -0.0490. The fraction of sp³-hybridized carbons (Fsp3) is 0.214. The van der Waals surface area contributed by atoms with Gasteiger partial charge in [-0.25, -0.2) is 13.8 Å². The minimum atomic E-state index is -1.12. The number of hydrogen-bond acceptors (Lipinski definition) is 4. The van der Waals surface area contributed by atoms with E-state index in [4.69, 9.17) is 4.74 Å². The Hall–Kier alpha value is -2.57. The fourth-order valence-corrected chi connectivity index (χ4v) is 1.80. The third kappa shape index (κ3) is 3.13. The second-order valence-corrected chi connectivity index (χ2v) is 4.36. The summed E-state index contributed by atoms with van der Waals surface area (Å²) in [5, 5.41) is 0. The molecule has 0 atom stereocenters. The first kappa shape index (κ1) is 14.8. The van der Waals surface area contributed by atoms with E-state index in [2.05, 4.69) is 4.98 Å². The van der Waals surface area contributed by atoms with Crippen LogP contribution in [0.5, 0.6) is 6.01 Å². The van der Waals surface area contributed by atoms with E-state index in [1.807, 2.05) is 0 Å². The highest BCUT2D eigenvalue weighted by Gasteiger charge is 2.15. The molecule has 0 aliphatic carbocycles. The zero-order chi connectivity index (χ0) is 15.6. The minimum Gasteiger partial charge on any atom is -0.468 e. The maximum absolute atomic E-state index is 13.1. The van der Waals surface area contributed by atoms with Gasteiger partial charge in [0.1, 0.15) is 0 Å². The van der Waals surface area contributed by atoms with E-state index in [1.54, 1.807) is 6.92 Å². The molecule has 0 aliphatic rings. The summed E-state index contributed by atoms with van der Waals surface area (Å²) >= 11 is 0. The molecule has 2 rings (SSSR count). The van der Waals surface area contributed by atoms with Gasteiger partial charge in [0.05, 0.1) is 13.7 Å². The summed E-state index contributed by atoms with van der Waals surface area (Å²) < 4.78 is 31.9. The third-order valence-corrected chi connectivity index (χ3v) is 2.83. The Labute approximate surface area is 118 Å². The molecule has 0 spiro atoms. The summed E-state index contributed by atoms with van der Waals surface area (Å²) in [4.78, 5) is 27.9. The van der Waals surface area contributed by atoms with Gasteiger partial charge in [-0.3, -0.25) is 14.2 Å². The van der Waals surface area contributed by atoms with Crippen LogP contribution in [0.15, 0.2) is 29.1 Å². The van der Waals surface area contributed by atoms with E-state index in [1.165, 1.54) is 13.2 Å². The van der Waals surface area contributed by atoms with E-state index in [0.29, 0.717) is 5.69 Å². The Kier molecular flexibility index (Phi) is 4.11. The van der Waals surface area contributed by atoms with Crippen molar-refractivity contribution in [2.45, 2.75) is 13.5 Å². The fourth-order valence-electron chi connectivity index (χ4n) is 1.80. The van der Waals surface area contributed by atoms with Gasteiger partial charge in [-0.1, -0.05) is 0 Å². The molecule has 0 saturated heterocycles. The largest absolute Gasteiger partial charge is 0.468 e. The number of Topliss-reactive ketones (excluding diaryl/α,β-unsaturated/α-hetero) is 1. The molecule has 0 radical (unpaired) electrons. The molecule has 0 fully saturated rings. The van der Waals surface area contributed by atoms with Crippen molar-refractivity contribution in [2.75, 3.05) is 7.11 Å². The number of benzene rings is 1. The standard InChI is InChI=1S/C14H12F2N2O3/c1-8-5-13(20)18(14(17-8)21-2)7-12(19)9-3-4-10(15)11(16)6-9/h3-6H,7H2,1-2H3. The van der Waals surface area contributed by atoms with Gasteiger partial charge in [-0.05, 0) is 25.1 Å². The van der Waals surface area contributed by atoms with Crippen LogP contribution in [0.25, 0.3) is 0 Å². The van der Waals surface area contributed by atoms with Gasteiger partial charge in [0.25, 0.3) is 11.6 Å². The number of halogens is 2. The predicted octanol–water partition coefficient (Wildman–Crippen LogP) is 1.72. The molecule has 1 aromatic heterocycles. The van der Waals surface area contributed by atoms with E-state index in [9.17, 15) is 18.4 Å². The summed E-state index contributed by atoms with van der Waals surface area (Å²) in [6, 6.07) is 4.03. The van der Waals surface area contributed by atoms with Crippen LogP contribution in [0.3, 0.4) is 0 Å². The monoisotopic (exact) mass is 294 g/mol. The van der Waals surface area contributed by atoms with Gasteiger partial charge in [0, 0.05) is 17.3 Å². The van der Waals surface area contributed by atoms with Crippen LogP contribution in [0.4, 0.5) is 8.78 Å². The SMILES string of the molecule is COc1nc(C)cc(=O)n1CC(=O)c1ccc(F)c(F)c1. The van der Waals surface area contributed by atoms with Crippen LogP contribution in [-0.2, 0) is 6.54 Å². The Morgan fingerprint density at radius 2 is 2.00 bits per heavy atom. The number of aryl methyl sites for hydroxylation is 1. The van der Waals surface area contributed by atoms with Crippen LogP contribution in [-0.4, -0.2) is 22.4 Å². The van der Waals surface area contributed by atoms with Gasteiger partial charge in [0.2, 0.25) is 0 Å². The number of rotatable bonds is 4. The number of carbonyl (C=O) groups is 1. The van der Waals surface area contributed by atoms with E-state index < -0.39 is 23.0 Å². The molecule has 0 bridgehead atoms. The number of methoxy groups -OCH3 is 1. The van der Waals surface area contributed by atoms with E-state index in [0.717, 1.165) is 22.8 Å². The second-order valence-electron chi connectivity index (χ2n) is 4.36. The number of aromatic nitrogens is 2. The van der Waals surface area contributed by atoms with E-state index in [-0.39, 0.29) is 18.1 Å². The van der Waals surface area contributed by atoms with Gasteiger partial charge >= 0.3 is 0 Å². The zero-order valence-electron chi connectivity index (χ0n) is 11.4. The molecular formula is C14H12F2N2O3. The Bertz CT molecular complexity index is 756. The quantitative estimate of drug-likeness (QED) is 0.806. The molecule has 5 nitrogen and oxygen atoms in total. The predicted molar refractivity (Wildman–Crippen MR) is 70.5 cm³/mol. The van der Waals surface area contributed by atoms with Crippen LogP contribution in [0.2, 0.25) is 0 Å². The average molecular weight is 294 g/mol. The summed E-state index contributed by atoms with van der Waals surface area (Å²) in [7, 11) is 1.32. The van der Waals surface area contributed by atoms with Gasteiger partial charge in [0.15, 0.2) is 17.4 Å². The molecule has 0 amide bonds. The molecule has 0 saturated carbocycles. The maximum Gasteiger partial charge on any atom is 0.299 e. The molecule has 0 aliphatic heterocycles. The molecule has 1 heterocycles. The van der Waals surface area contributed by atoms with Crippen molar-refractivity contribution < 1.29 is 18.3 Å². The van der Waals surface area contributed by atoms with Crippen molar-refractivity contribution in [3.63, 3.8) is 0 Å². The smallest absolute Gasteiger partial charge is 0.299 e. The summed E-state index contributed by atoms with van der Waals surface area (Å²) in [5.74, 6) is -2.72. The highest BCUT2D eigenvalue weighted by molar-refractivity contribution is 5.95. The van der Waals surface area contributed by atoms with Gasteiger partial charge in [-0.15, -0.1) is 0 Å². The lowest BCUT2D eigenvalue weighted by Crippen LogP contribution is -2.26. The van der Waals surface area contributed by atoms with Crippen LogP contribution in [0.1, 0.15) is 16.1 Å². The van der Waals surface area contributed by atoms with Crippen LogP contribution < -0.4 is 10.3 Å². The van der Waals surface area contributed by atoms with Crippen molar-refractivity contribution in [1.29, 1.82) is 0 Å². The third-order valence-electron chi connectivity index (χ3n) is 2.83. The number of carbonyl (C=O) groups excluding carboxylic acids is 1. The Morgan fingerprint density at radius 3 is 2.62 bits per heavy atom. The van der Waals surface area contributed by atoms with E-state index >= 15 is 0 Å². The lowest BCUT2D eigenvalue weighted by Gasteiger charge is -2.10. The van der Waals surface area contributed by atoms with Gasteiger partial charge in [-0.2, -0.15) is 0 Å². The lowest BCUT2D eigenvalue weighted by atomic mass is 10.1. The lowest BCUT2D eigenvalue weighted by molar-refractivity contribution is 0.0965. The first-order valence-electron chi connectivity index (χ1n) is 6.03. The van der Waals surface area contributed by atoms with Crippen molar-refractivity contribution in [3.8, 4) is 6.01 Å². The highest BCUT2D eigenvalue weighted by Crippen LogP contribution is 2.11. The molecule has 0 unspecified atom stereocenters. The average Bonchev–Trinajstić information content (AvgIpc) is 2.44. The number of hydrogen-bond donors (Lipinski definition) is 0. The van der Waals surface area contributed by atoms with Crippen molar-refractivity contribution >= 4 is 5.78 Å². The molecule has 110 valence electrons. The molecule has 7 heteroatoms. The van der Waals surface area contributed by atoms with Crippen molar-refractivity contribution in [1.82, 2.24) is 9.55 Å². The molecule has 1 aromatic carbocycles. The molecule has 2 aromatic rings. The zero-order valence-corrected chi connectivity index (χ0v) is 11.4. The number of nitrogens with zero attached hydrogens (tertiary/aromatic N) is 2. The molecule has 0 N–H and O–H groups in total. The maximum atomic E-state index is 13.1. The first-order chi connectivity index (χ1) is 9.92. The highest BCUT2D eigenvalue weighted by atomic mass is 19.2. The van der Waals surface area contributed by atoms with Crippen LogP contribution >= 0.6 is 0 Å².